The van der Waals surface area contributed by atoms with Crippen molar-refractivity contribution >= 4 is 23.4 Å². The number of benzene rings is 2. The molecule has 33 heavy (non-hydrogen) atoms. The molecule has 0 bridgehead atoms. The Kier molecular flexibility index (Phi) is 6.13. The highest BCUT2D eigenvalue weighted by Crippen LogP contribution is 2.28. The van der Waals surface area contributed by atoms with Crippen LogP contribution >= 0.6 is 0 Å². The monoisotopic (exact) mass is 446 g/mol. The number of hydrogen-bond donors (Lipinski definition) is 3. The molecule has 1 aliphatic carbocycles. The van der Waals surface area contributed by atoms with Gasteiger partial charge in [-0.2, -0.15) is 0 Å². The Hall–Kier alpha value is -3.19. The van der Waals surface area contributed by atoms with Crippen molar-refractivity contribution < 1.29 is 14.4 Å². The molecule has 3 N–H and O–H groups in total. The summed E-state index contributed by atoms with van der Waals surface area (Å²) in [6.07, 6.45) is 5.29. The largest absolute Gasteiger partial charge is 0.382 e. The predicted molar refractivity (Wildman–Crippen MR) is 125 cm³/mol. The lowest BCUT2D eigenvalue weighted by atomic mass is 9.90. The van der Waals surface area contributed by atoms with Gasteiger partial charge < -0.3 is 15.5 Å². The highest BCUT2D eigenvalue weighted by Gasteiger charge is 2.39. The third-order valence-corrected chi connectivity index (χ3v) is 7.00. The molecule has 0 spiro atoms. The van der Waals surface area contributed by atoms with E-state index in [9.17, 15) is 14.4 Å². The van der Waals surface area contributed by atoms with Crippen LogP contribution in [0, 0.1) is 0 Å². The molecule has 2 aromatic rings. The van der Waals surface area contributed by atoms with Gasteiger partial charge in [0.25, 0.3) is 5.91 Å². The molecule has 0 radical (unpaired) electrons. The number of amides is 3. The first-order valence-electron chi connectivity index (χ1n) is 11.9. The fraction of sp³-hybridized carbons (Fsp3) is 0.423. The lowest BCUT2D eigenvalue weighted by Crippen LogP contribution is -2.52. The summed E-state index contributed by atoms with van der Waals surface area (Å²) in [6.45, 7) is 1.17. The molecule has 3 amide bonds. The number of carbonyl (C=O) groups excluding carboxylic acids is 3. The molecular formula is C26H30N4O3. The van der Waals surface area contributed by atoms with Crippen molar-refractivity contribution in [2.24, 2.45) is 0 Å². The number of carbonyl (C=O) groups is 3. The molecule has 5 rings (SSSR count). The van der Waals surface area contributed by atoms with E-state index >= 15 is 0 Å². The van der Waals surface area contributed by atoms with E-state index in [1.807, 2.05) is 18.2 Å². The third-order valence-electron chi connectivity index (χ3n) is 7.00. The number of rotatable bonds is 6. The van der Waals surface area contributed by atoms with Crippen LogP contribution in [0.25, 0.3) is 0 Å². The molecule has 3 aliphatic rings. The maximum Gasteiger partial charge on any atom is 0.255 e. The van der Waals surface area contributed by atoms with Crippen molar-refractivity contribution in [2.75, 3.05) is 5.32 Å². The van der Waals surface area contributed by atoms with Crippen molar-refractivity contribution in [3.63, 3.8) is 0 Å². The van der Waals surface area contributed by atoms with E-state index in [0.29, 0.717) is 30.6 Å². The second kappa shape index (κ2) is 9.35. The summed E-state index contributed by atoms with van der Waals surface area (Å²) in [6, 6.07) is 16.7. The molecule has 1 saturated heterocycles. The Morgan fingerprint density at radius 3 is 2.61 bits per heavy atom. The minimum absolute atomic E-state index is 0.124. The number of anilines is 1. The Morgan fingerprint density at radius 1 is 0.970 bits per heavy atom. The summed E-state index contributed by atoms with van der Waals surface area (Å²) in [5.74, 6) is -0.760. The summed E-state index contributed by atoms with van der Waals surface area (Å²) < 4.78 is 0. The lowest BCUT2D eigenvalue weighted by Gasteiger charge is -2.31. The number of imide groups is 1. The molecule has 7 heteroatoms. The van der Waals surface area contributed by atoms with Gasteiger partial charge in [0.2, 0.25) is 11.8 Å². The Labute approximate surface area is 193 Å². The van der Waals surface area contributed by atoms with Gasteiger partial charge in [-0.25, -0.2) is 0 Å². The number of nitrogens with one attached hydrogen (secondary N) is 3. The summed E-state index contributed by atoms with van der Waals surface area (Å²) >= 11 is 0. The molecule has 172 valence electrons. The van der Waals surface area contributed by atoms with Gasteiger partial charge in [0, 0.05) is 42.8 Å². The van der Waals surface area contributed by atoms with Crippen LogP contribution in [0.4, 0.5) is 5.69 Å². The van der Waals surface area contributed by atoms with Gasteiger partial charge in [0.05, 0.1) is 0 Å². The van der Waals surface area contributed by atoms with Crippen molar-refractivity contribution in [1.82, 2.24) is 15.5 Å². The fourth-order valence-electron chi connectivity index (χ4n) is 5.28. The van der Waals surface area contributed by atoms with Gasteiger partial charge in [0.1, 0.15) is 6.04 Å². The van der Waals surface area contributed by atoms with Crippen molar-refractivity contribution in [3.8, 4) is 0 Å². The van der Waals surface area contributed by atoms with Gasteiger partial charge in [-0.3, -0.25) is 19.7 Å². The molecule has 3 atom stereocenters. The van der Waals surface area contributed by atoms with Crippen LogP contribution in [-0.4, -0.2) is 40.7 Å². The van der Waals surface area contributed by atoms with E-state index in [1.165, 1.54) is 24.9 Å². The minimum atomic E-state index is -0.569. The van der Waals surface area contributed by atoms with Crippen LogP contribution in [0.15, 0.2) is 48.5 Å². The fourth-order valence-corrected chi connectivity index (χ4v) is 5.28. The van der Waals surface area contributed by atoms with Crippen LogP contribution in [0.3, 0.4) is 0 Å². The highest BCUT2D eigenvalue weighted by molar-refractivity contribution is 6.05. The smallest absolute Gasteiger partial charge is 0.255 e. The average Bonchev–Trinajstić information content (AvgIpc) is 3.14. The average molecular weight is 447 g/mol. The first-order chi connectivity index (χ1) is 16.1. The molecule has 7 nitrogen and oxygen atoms in total. The molecular weight excluding hydrogens is 416 g/mol. The molecule has 0 aromatic heterocycles. The predicted octanol–water partition coefficient (Wildman–Crippen LogP) is 2.96. The van der Waals surface area contributed by atoms with Gasteiger partial charge in [0.15, 0.2) is 0 Å². The normalized spacial score (nSPS) is 25.0. The first kappa shape index (κ1) is 21.6. The number of para-hydroxylation sites is 1. The Bertz CT molecular complexity index is 1050. The van der Waals surface area contributed by atoms with Crippen molar-refractivity contribution in [3.05, 3.63) is 65.2 Å². The van der Waals surface area contributed by atoms with Crippen LogP contribution in [0.5, 0.6) is 0 Å². The lowest BCUT2D eigenvalue weighted by molar-refractivity contribution is -0.136. The van der Waals surface area contributed by atoms with E-state index in [-0.39, 0.29) is 24.1 Å². The maximum absolute atomic E-state index is 12.9. The Balaban J connectivity index is 1.18. The standard InChI is InChI=1S/C26H30N4O3/c31-24-12-11-23(25(32)29-24)30-16-18-13-17(9-10-22(18)26(30)33)15-27-20-7-4-8-21(14-20)28-19-5-2-1-3-6-19/h1-3,5-6,9-10,13,20-21,23,27-28H,4,7-8,11-12,14-16H2,(H,29,31,32). The second-order valence-corrected chi connectivity index (χ2v) is 9.34. The zero-order chi connectivity index (χ0) is 22.8. The van der Waals surface area contributed by atoms with Gasteiger partial charge >= 0.3 is 0 Å². The van der Waals surface area contributed by atoms with Gasteiger partial charge in [-0.05, 0) is 61.4 Å². The summed E-state index contributed by atoms with van der Waals surface area (Å²) in [5.41, 5.74) is 3.93. The van der Waals surface area contributed by atoms with E-state index in [1.54, 1.807) is 4.90 Å². The summed E-state index contributed by atoms with van der Waals surface area (Å²) in [7, 11) is 0. The van der Waals surface area contributed by atoms with Crippen LogP contribution in [-0.2, 0) is 22.7 Å². The van der Waals surface area contributed by atoms with Crippen molar-refractivity contribution in [2.45, 2.75) is 69.7 Å². The maximum atomic E-state index is 12.9. The second-order valence-electron chi connectivity index (χ2n) is 9.34. The van der Waals surface area contributed by atoms with Gasteiger partial charge in [-0.15, -0.1) is 0 Å². The summed E-state index contributed by atoms with van der Waals surface area (Å²) in [4.78, 5) is 38.1. The molecule has 1 saturated carbocycles. The van der Waals surface area contributed by atoms with E-state index in [0.717, 1.165) is 24.1 Å². The SMILES string of the molecule is O=C1CCC(N2Cc3cc(CNC4CCCC(Nc5ccccc5)C4)ccc3C2=O)C(=O)N1. The number of fused-ring (bicyclic) bond motifs is 1. The number of nitrogens with zero attached hydrogens (tertiary/aromatic N) is 1. The van der Waals surface area contributed by atoms with Gasteiger partial charge in [-0.1, -0.05) is 30.3 Å². The van der Waals surface area contributed by atoms with E-state index in [4.69, 9.17) is 0 Å². The molecule has 2 aliphatic heterocycles. The van der Waals surface area contributed by atoms with Crippen LogP contribution in [0.1, 0.15) is 60.0 Å². The van der Waals surface area contributed by atoms with Crippen LogP contribution < -0.4 is 16.0 Å². The zero-order valence-corrected chi connectivity index (χ0v) is 18.7. The number of hydrogen-bond acceptors (Lipinski definition) is 5. The highest BCUT2D eigenvalue weighted by atomic mass is 16.2. The quantitative estimate of drug-likeness (QED) is 0.594. The molecule has 2 heterocycles. The van der Waals surface area contributed by atoms with E-state index < -0.39 is 6.04 Å². The Morgan fingerprint density at radius 2 is 1.79 bits per heavy atom. The molecule has 2 fully saturated rings. The topological polar surface area (TPSA) is 90.5 Å². The first-order valence-corrected chi connectivity index (χ1v) is 11.9. The van der Waals surface area contributed by atoms with Crippen LogP contribution in [0.2, 0.25) is 0 Å². The van der Waals surface area contributed by atoms with E-state index in [2.05, 4.69) is 46.3 Å². The third kappa shape index (κ3) is 4.78. The summed E-state index contributed by atoms with van der Waals surface area (Å²) in [5, 5.41) is 9.71. The minimum Gasteiger partial charge on any atom is -0.382 e. The zero-order valence-electron chi connectivity index (χ0n) is 18.7. The molecule has 2 aromatic carbocycles. The molecule has 3 unspecified atom stereocenters. The number of piperidine rings is 1. The van der Waals surface area contributed by atoms with Crippen molar-refractivity contribution in [1.29, 1.82) is 0 Å².